The number of likely N-dealkylation sites (tertiary alicyclic amines) is 1. The van der Waals surface area contributed by atoms with Gasteiger partial charge >= 0.3 is 6.03 Å². The van der Waals surface area contributed by atoms with Gasteiger partial charge in [-0.05, 0) is 56.3 Å². The lowest BCUT2D eigenvalue weighted by molar-refractivity contribution is -0.133. The smallest absolute Gasteiger partial charge is 0.319 e. The summed E-state index contributed by atoms with van der Waals surface area (Å²) in [6.07, 6.45) is 4.74. The molecule has 2 atom stereocenters. The van der Waals surface area contributed by atoms with Crippen LogP contribution in [-0.2, 0) is 4.79 Å². The highest BCUT2D eigenvalue weighted by Crippen LogP contribution is 2.18. The number of hydrogen-bond acceptors (Lipinski definition) is 3. The third kappa shape index (κ3) is 5.42. The minimum absolute atomic E-state index is 0.207. The Balaban J connectivity index is 1.41. The molecule has 2 fully saturated rings. The molecular formula is C19H27FN4O2. The van der Waals surface area contributed by atoms with Crippen LogP contribution in [0.4, 0.5) is 14.9 Å². The zero-order valence-electron chi connectivity index (χ0n) is 15.0. The third-order valence-electron chi connectivity index (χ3n) is 5.09. The summed E-state index contributed by atoms with van der Waals surface area (Å²) in [6, 6.07) is 5.76. The van der Waals surface area contributed by atoms with Gasteiger partial charge in [0.05, 0.1) is 0 Å². The SMILES string of the molecule is O=C(NCC1CCCN(C(=O)CC2CCCN2)C1)Nc1cccc(F)c1. The highest BCUT2D eigenvalue weighted by molar-refractivity contribution is 5.89. The van der Waals surface area contributed by atoms with Crippen LogP contribution in [0.25, 0.3) is 0 Å². The van der Waals surface area contributed by atoms with Gasteiger partial charge < -0.3 is 20.9 Å². The molecular weight excluding hydrogens is 335 g/mol. The van der Waals surface area contributed by atoms with Crippen LogP contribution >= 0.6 is 0 Å². The van der Waals surface area contributed by atoms with Gasteiger partial charge in [-0.25, -0.2) is 9.18 Å². The maximum atomic E-state index is 13.1. The van der Waals surface area contributed by atoms with E-state index in [4.69, 9.17) is 0 Å². The minimum Gasteiger partial charge on any atom is -0.342 e. The largest absolute Gasteiger partial charge is 0.342 e. The lowest BCUT2D eigenvalue weighted by Crippen LogP contribution is -2.45. The first kappa shape index (κ1) is 18.6. The standard InChI is InChI=1S/C19H27FN4O2/c20-15-5-1-6-17(10-15)23-19(26)22-12-14-4-3-9-24(13-14)18(25)11-16-7-2-8-21-16/h1,5-6,10,14,16,21H,2-4,7-9,11-13H2,(H2,22,23,26). The van der Waals surface area contributed by atoms with Crippen LogP contribution < -0.4 is 16.0 Å². The number of carbonyl (C=O) groups excluding carboxylic acids is 2. The van der Waals surface area contributed by atoms with Crippen molar-refractivity contribution in [3.05, 3.63) is 30.1 Å². The van der Waals surface area contributed by atoms with Crippen LogP contribution in [0.15, 0.2) is 24.3 Å². The molecule has 0 bridgehead atoms. The Bertz CT molecular complexity index is 634. The molecule has 2 aliphatic heterocycles. The maximum Gasteiger partial charge on any atom is 0.319 e. The van der Waals surface area contributed by atoms with Crippen molar-refractivity contribution in [2.75, 3.05) is 31.5 Å². The number of nitrogens with zero attached hydrogens (tertiary/aromatic N) is 1. The van der Waals surface area contributed by atoms with E-state index in [0.29, 0.717) is 31.2 Å². The van der Waals surface area contributed by atoms with Crippen LogP contribution in [0, 0.1) is 11.7 Å². The highest BCUT2D eigenvalue weighted by atomic mass is 19.1. The molecule has 26 heavy (non-hydrogen) atoms. The summed E-state index contributed by atoms with van der Waals surface area (Å²) >= 11 is 0. The van der Waals surface area contributed by atoms with Gasteiger partial charge in [0.2, 0.25) is 5.91 Å². The molecule has 0 spiro atoms. The van der Waals surface area contributed by atoms with Gasteiger partial charge in [-0.1, -0.05) is 6.07 Å². The lowest BCUT2D eigenvalue weighted by Gasteiger charge is -2.33. The molecule has 2 heterocycles. The van der Waals surface area contributed by atoms with Gasteiger partial charge in [0.15, 0.2) is 0 Å². The van der Waals surface area contributed by atoms with E-state index >= 15 is 0 Å². The Morgan fingerprint density at radius 1 is 1.27 bits per heavy atom. The summed E-state index contributed by atoms with van der Waals surface area (Å²) in [5.41, 5.74) is 0.423. The Hall–Kier alpha value is -2.15. The molecule has 3 rings (SSSR count). The number of amides is 3. The summed E-state index contributed by atoms with van der Waals surface area (Å²) in [6.45, 7) is 3.00. The maximum absolute atomic E-state index is 13.1. The van der Waals surface area contributed by atoms with Gasteiger partial charge in [0, 0.05) is 37.8 Å². The molecule has 0 aromatic heterocycles. The van der Waals surface area contributed by atoms with Crippen LogP contribution in [0.3, 0.4) is 0 Å². The zero-order chi connectivity index (χ0) is 18.4. The van der Waals surface area contributed by atoms with E-state index in [1.165, 1.54) is 12.1 Å². The third-order valence-corrected chi connectivity index (χ3v) is 5.09. The second-order valence-corrected chi connectivity index (χ2v) is 7.19. The van der Waals surface area contributed by atoms with E-state index in [1.807, 2.05) is 4.90 Å². The topological polar surface area (TPSA) is 73.5 Å². The fraction of sp³-hybridized carbons (Fsp3) is 0.579. The number of halogens is 1. The van der Waals surface area contributed by atoms with Gasteiger partial charge in [-0.15, -0.1) is 0 Å². The first-order valence-corrected chi connectivity index (χ1v) is 9.42. The van der Waals surface area contributed by atoms with E-state index in [9.17, 15) is 14.0 Å². The number of rotatable bonds is 5. The molecule has 3 N–H and O–H groups in total. The first-order chi connectivity index (χ1) is 12.6. The van der Waals surface area contributed by atoms with Gasteiger partial charge in [-0.2, -0.15) is 0 Å². The van der Waals surface area contributed by atoms with Crippen LogP contribution in [-0.4, -0.2) is 49.1 Å². The van der Waals surface area contributed by atoms with Crippen molar-refractivity contribution in [2.45, 2.75) is 38.1 Å². The van der Waals surface area contributed by atoms with Crippen LogP contribution in [0.2, 0.25) is 0 Å². The normalized spacial score (nSPS) is 22.9. The second-order valence-electron chi connectivity index (χ2n) is 7.19. The number of anilines is 1. The predicted octanol–water partition coefficient (Wildman–Crippen LogP) is 2.33. The fourth-order valence-electron chi connectivity index (χ4n) is 3.71. The van der Waals surface area contributed by atoms with Crippen molar-refractivity contribution in [3.8, 4) is 0 Å². The molecule has 0 saturated carbocycles. The summed E-state index contributed by atoms with van der Waals surface area (Å²) in [5.74, 6) is 0.0711. The average Bonchev–Trinajstić information content (AvgIpc) is 3.13. The molecule has 7 heteroatoms. The number of urea groups is 1. The van der Waals surface area contributed by atoms with Crippen LogP contribution in [0.1, 0.15) is 32.1 Å². The van der Waals surface area contributed by atoms with Gasteiger partial charge in [-0.3, -0.25) is 4.79 Å². The number of carbonyl (C=O) groups is 2. The second kappa shape index (κ2) is 8.98. The van der Waals surface area contributed by atoms with Crippen LogP contribution in [0.5, 0.6) is 0 Å². The van der Waals surface area contributed by atoms with Crippen molar-refractivity contribution in [1.29, 1.82) is 0 Å². The Labute approximate surface area is 153 Å². The molecule has 2 saturated heterocycles. The first-order valence-electron chi connectivity index (χ1n) is 9.42. The molecule has 2 unspecified atom stereocenters. The van der Waals surface area contributed by atoms with E-state index in [2.05, 4.69) is 16.0 Å². The predicted molar refractivity (Wildman–Crippen MR) is 98.4 cm³/mol. The highest BCUT2D eigenvalue weighted by Gasteiger charge is 2.26. The van der Waals surface area contributed by atoms with E-state index in [-0.39, 0.29) is 23.7 Å². The van der Waals surface area contributed by atoms with E-state index in [1.54, 1.807) is 12.1 Å². The number of piperidine rings is 1. The van der Waals surface area contributed by atoms with Crippen molar-refractivity contribution in [2.24, 2.45) is 5.92 Å². The molecule has 0 aliphatic carbocycles. The van der Waals surface area contributed by atoms with E-state index < -0.39 is 0 Å². The van der Waals surface area contributed by atoms with Crippen molar-refractivity contribution < 1.29 is 14.0 Å². The summed E-state index contributed by atoms with van der Waals surface area (Å²) < 4.78 is 13.1. The van der Waals surface area contributed by atoms with E-state index in [0.717, 1.165) is 38.8 Å². The number of benzene rings is 1. The number of nitrogens with one attached hydrogen (secondary N) is 3. The molecule has 1 aromatic carbocycles. The lowest BCUT2D eigenvalue weighted by atomic mass is 9.97. The molecule has 6 nitrogen and oxygen atoms in total. The summed E-state index contributed by atoms with van der Waals surface area (Å²) in [7, 11) is 0. The Morgan fingerprint density at radius 3 is 2.92 bits per heavy atom. The van der Waals surface area contributed by atoms with Crippen molar-refractivity contribution >= 4 is 17.6 Å². The summed E-state index contributed by atoms with van der Waals surface area (Å²) in [5, 5.41) is 8.82. The molecule has 1 aromatic rings. The Morgan fingerprint density at radius 2 is 2.15 bits per heavy atom. The van der Waals surface area contributed by atoms with Crippen molar-refractivity contribution in [1.82, 2.24) is 15.5 Å². The summed E-state index contributed by atoms with van der Waals surface area (Å²) in [4.78, 5) is 26.4. The fourth-order valence-corrected chi connectivity index (χ4v) is 3.71. The molecule has 0 radical (unpaired) electrons. The van der Waals surface area contributed by atoms with Gasteiger partial charge in [0.25, 0.3) is 0 Å². The molecule has 3 amide bonds. The van der Waals surface area contributed by atoms with Crippen molar-refractivity contribution in [3.63, 3.8) is 0 Å². The molecule has 2 aliphatic rings. The zero-order valence-corrected chi connectivity index (χ0v) is 15.0. The molecule has 142 valence electrons. The van der Waals surface area contributed by atoms with Gasteiger partial charge in [0.1, 0.15) is 5.82 Å². The quantitative estimate of drug-likeness (QED) is 0.753. The monoisotopic (exact) mass is 362 g/mol. The minimum atomic E-state index is -0.388. The Kier molecular flexibility index (Phi) is 6.44. The number of hydrogen-bond donors (Lipinski definition) is 3. The average molecular weight is 362 g/mol.